The number of anilines is 1. The lowest BCUT2D eigenvalue weighted by atomic mass is 10.1. The van der Waals surface area contributed by atoms with E-state index in [1.807, 2.05) is 0 Å². The first-order chi connectivity index (χ1) is 13.2. The van der Waals surface area contributed by atoms with Gasteiger partial charge in [-0.25, -0.2) is 12.7 Å². The summed E-state index contributed by atoms with van der Waals surface area (Å²) in [5.41, 5.74) is 1.94. The molecule has 0 saturated heterocycles. The number of sulfonamides is 1. The molecule has 1 aromatic heterocycles. The van der Waals surface area contributed by atoms with E-state index in [4.69, 9.17) is 12.2 Å². The molecule has 0 aliphatic heterocycles. The fourth-order valence-corrected chi connectivity index (χ4v) is 5.31. The number of fused-ring (bicyclic) bond motifs is 1. The summed E-state index contributed by atoms with van der Waals surface area (Å²) in [6, 6.07) is 7.81. The van der Waals surface area contributed by atoms with Crippen LogP contribution in [0.5, 0.6) is 0 Å². The van der Waals surface area contributed by atoms with Gasteiger partial charge in [0.15, 0.2) is 5.11 Å². The van der Waals surface area contributed by atoms with E-state index < -0.39 is 15.9 Å². The van der Waals surface area contributed by atoms with Crippen molar-refractivity contribution in [3.05, 3.63) is 45.8 Å². The Hall–Kier alpha value is -2.32. The van der Waals surface area contributed by atoms with E-state index in [2.05, 4.69) is 16.7 Å². The van der Waals surface area contributed by atoms with Gasteiger partial charge in [-0.3, -0.25) is 10.1 Å². The van der Waals surface area contributed by atoms with Crippen LogP contribution in [-0.4, -0.2) is 37.8 Å². The topological polar surface area (TPSA) is 102 Å². The number of hydrogen-bond acceptors (Lipinski definition) is 6. The summed E-state index contributed by atoms with van der Waals surface area (Å²) in [4.78, 5) is 13.7. The molecule has 1 aliphatic carbocycles. The van der Waals surface area contributed by atoms with Crippen LogP contribution < -0.4 is 10.6 Å². The number of carbonyl (C=O) groups excluding carboxylic acids is 1. The first kappa shape index (κ1) is 20.4. The molecule has 0 unspecified atom stereocenters. The molecular weight excluding hydrogens is 416 g/mol. The average molecular weight is 435 g/mol. The smallest absolute Gasteiger partial charge is 0.257 e. The van der Waals surface area contributed by atoms with E-state index in [-0.39, 0.29) is 15.6 Å². The van der Waals surface area contributed by atoms with E-state index >= 15 is 0 Å². The number of nitrogens with one attached hydrogen (secondary N) is 2. The number of thiocarbonyl (C=S) groups is 1. The van der Waals surface area contributed by atoms with Crippen LogP contribution in [0.15, 0.2) is 29.2 Å². The zero-order valence-corrected chi connectivity index (χ0v) is 17.7. The minimum absolute atomic E-state index is 0.0893. The van der Waals surface area contributed by atoms with Gasteiger partial charge in [0.1, 0.15) is 11.1 Å². The highest BCUT2D eigenvalue weighted by Gasteiger charge is 2.23. The highest BCUT2D eigenvalue weighted by molar-refractivity contribution is 7.89. The fourth-order valence-electron chi connectivity index (χ4n) is 2.91. The number of nitrogens with zero attached hydrogens (tertiary/aromatic N) is 2. The molecule has 28 heavy (non-hydrogen) atoms. The molecule has 0 radical (unpaired) electrons. The van der Waals surface area contributed by atoms with Crippen LogP contribution in [0.1, 0.15) is 32.8 Å². The summed E-state index contributed by atoms with van der Waals surface area (Å²) < 4.78 is 25.3. The molecule has 1 aromatic carbocycles. The minimum atomic E-state index is -3.56. The SMILES string of the molecule is CN(C)S(=O)(=O)c1ccc(C(=O)NC(=S)Nc2sc3c(c2C#N)CCC3)cc1. The zero-order valence-electron chi connectivity index (χ0n) is 15.3. The second-order valence-electron chi connectivity index (χ2n) is 6.39. The van der Waals surface area contributed by atoms with Crippen LogP contribution in [0.4, 0.5) is 5.00 Å². The van der Waals surface area contributed by atoms with Crippen molar-refractivity contribution in [1.82, 2.24) is 9.62 Å². The Labute approximate surface area is 173 Å². The number of thiophene rings is 1. The molecular formula is C18H18N4O3S3. The molecule has 1 amide bonds. The second-order valence-corrected chi connectivity index (χ2v) is 10.1. The molecule has 146 valence electrons. The molecule has 0 fully saturated rings. The second kappa shape index (κ2) is 7.97. The van der Waals surface area contributed by atoms with Gasteiger partial charge < -0.3 is 5.32 Å². The lowest BCUT2D eigenvalue weighted by Crippen LogP contribution is -2.34. The summed E-state index contributed by atoms with van der Waals surface area (Å²) in [5.74, 6) is -0.464. The van der Waals surface area contributed by atoms with Gasteiger partial charge in [0, 0.05) is 24.5 Å². The van der Waals surface area contributed by atoms with Gasteiger partial charge in [-0.15, -0.1) is 11.3 Å². The van der Waals surface area contributed by atoms with Crippen molar-refractivity contribution in [2.45, 2.75) is 24.2 Å². The van der Waals surface area contributed by atoms with Crippen molar-refractivity contribution in [2.75, 3.05) is 19.4 Å². The first-order valence-corrected chi connectivity index (χ1v) is 11.1. The Kier molecular flexibility index (Phi) is 5.81. The van der Waals surface area contributed by atoms with Crippen LogP contribution in [0.3, 0.4) is 0 Å². The van der Waals surface area contributed by atoms with Gasteiger partial charge in [-0.05, 0) is 61.3 Å². The van der Waals surface area contributed by atoms with E-state index in [0.717, 1.165) is 29.1 Å². The molecule has 1 heterocycles. The van der Waals surface area contributed by atoms with Crippen molar-refractivity contribution in [2.24, 2.45) is 0 Å². The number of rotatable bonds is 4. The summed E-state index contributed by atoms with van der Waals surface area (Å²) in [6.07, 6.45) is 2.90. The van der Waals surface area contributed by atoms with Crippen LogP contribution in [0.2, 0.25) is 0 Å². The summed E-state index contributed by atoms with van der Waals surface area (Å²) in [5, 5.41) is 15.6. The predicted octanol–water partition coefficient (Wildman–Crippen LogP) is 2.49. The third-order valence-corrected chi connectivity index (χ3v) is 7.62. The van der Waals surface area contributed by atoms with E-state index in [0.29, 0.717) is 10.6 Å². The number of aryl methyl sites for hydroxylation is 1. The summed E-state index contributed by atoms with van der Waals surface area (Å²) in [7, 11) is -0.674. The van der Waals surface area contributed by atoms with Crippen molar-refractivity contribution >= 4 is 49.6 Å². The van der Waals surface area contributed by atoms with Gasteiger partial charge in [0.05, 0.1) is 10.5 Å². The maximum Gasteiger partial charge on any atom is 0.257 e. The minimum Gasteiger partial charge on any atom is -0.323 e. The molecule has 0 saturated carbocycles. The molecule has 0 spiro atoms. The van der Waals surface area contributed by atoms with E-state index in [1.165, 1.54) is 54.6 Å². The fraction of sp³-hybridized carbons (Fsp3) is 0.278. The molecule has 7 nitrogen and oxygen atoms in total. The van der Waals surface area contributed by atoms with Crippen molar-refractivity contribution in [1.29, 1.82) is 5.26 Å². The number of hydrogen-bond donors (Lipinski definition) is 2. The average Bonchev–Trinajstić information content (AvgIpc) is 3.22. The molecule has 2 N–H and O–H groups in total. The van der Waals surface area contributed by atoms with Crippen LogP contribution >= 0.6 is 23.6 Å². The van der Waals surface area contributed by atoms with Crippen LogP contribution in [0, 0.1) is 11.3 Å². The molecule has 0 bridgehead atoms. The molecule has 2 aromatic rings. The number of carbonyl (C=O) groups is 1. The largest absolute Gasteiger partial charge is 0.323 e. The van der Waals surface area contributed by atoms with Gasteiger partial charge in [-0.1, -0.05) is 0 Å². The third kappa shape index (κ3) is 3.93. The maximum absolute atomic E-state index is 12.4. The Bertz CT molecular complexity index is 1080. The number of benzene rings is 1. The Balaban J connectivity index is 1.69. The Morgan fingerprint density at radius 3 is 2.54 bits per heavy atom. The molecule has 0 atom stereocenters. The lowest BCUT2D eigenvalue weighted by Gasteiger charge is -2.12. The lowest BCUT2D eigenvalue weighted by molar-refractivity contribution is 0.0977. The standard InChI is InChI=1S/C18H18N4O3S3/c1-22(2)28(24,25)12-8-6-11(7-9-12)16(23)20-18(26)21-17-14(10-19)13-4-3-5-15(13)27-17/h6-9H,3-5H2,1-2H3,(H2,20,21,23,26). The zero-order chi connectivity index (χ0) is 20.5. The van der Waals surface area contributed by atoms with Gasteiger partial charge in [0.2, 0.25) is 10.0 Å². The first-order valence-electron chi connectivity index (χ1n) is 8.43. The van der Waals surface area contributed by atoms with Gasteiger partial charge in [-0.2, -0.15) is 5.26 Å². The predicted molar refractivity (Wildman–Crippen MR) is 112 cm³/mol. The summed E-state index contributed by atoms with van der Waals surface area (Å²) in [6.45, 7) is 0. The molecule has 3 rings (SSSR count). The highest BCUT2D eigenvalue weighted by Crippen LogP contribution is 2.38. The Morgan fingerprint density at radius 2 is 1.93 bits per heavy atom. The van der Waals surface area contributed by atoms with Crippen LogP contribution in [0.25, 0.3) is 0 Å². The normalized spacial score (nSPS) is 13.1. The highest BCUT2D eigenvalue weighted by atomic mass is 32.2. The monoisotopic (exact) mass is 434 g/mol. The van der Waals surface area contributed by atoms with E-state index in [9.17, 15) is 18.5 Å². The Morgan fingerprint density at radius 1 is 1.25 bits per heavy atom. The van der Waals surface area contributed by atoms with Gasteiger partial charge >= 0.3 is 0 Å². The van der Waals surface area contributed by atoms with Crippen LogP contribution in [-0.2, 0) is 22.9 Å². The molecule has 1 aliphatic rings. The van der Waals surface area contributed by atoms with Crippen molar-refractivity contribution in [3.8, 4) is 6.07 Å². The van der Waals surface area contributed by atoms with Crippen molar-refractivity contribution in [3.63, 3.8) is 0 Å². The quantitative estimate of drug-likeness (QED) is 0.717. The third-order valence-electron chi connectivity index (χ3n) is 4.38. The number of amides is 1. The van der Waals surface area contributed by atoms with E-state index in [1.54, 1.807) is 0 Å². The molecule has 10 heteroatoms. The van der Waals surface area contributed by atoms with Crippen molar-refractivity contribution < 1.29 is 13.2 Å². The number of nitriles is 1. The summed E-state index contributed by atoms with van der Waals surface area (Å²) >= 11 is 6.69. The maximum atomic E-state index is 12.4. The van der Waals surface area contributed by atoms with Gasteiger partial charge in [0.25, 0.3) is 5.91 Å².